The maximum Gasteiger partial charge on any atom is 0.265 e. The Hall–Kier alpha value is -3.93. The average Bonchev–Trinajstić information content (AvgIpc) is 2.80. The number of carbonyl (C=O) groups is 1. The highest BCUT2D eigenvalue weighted by Gasteiger charge is 2.17. The second-order valence-electron chi connectivity index (χ2n) is 6.95. The molecule has 1 N–H and O–H groups in total. The van der Waals surface area contributed by atoms with Crippen molar-refractivity contribution in [3.8, 4) is 22.8 Å². The van der Waals surface area contributed by atoms with Crippen molar-refractivity contribution in [2.24, 2.45) is 0 Å². The summed E-state index contributed by atoms with van der Waals surface area (Å²) in [6.07, 6.45) is 1.07. The van der Waals surface area contributed by atoms with Crippen molar-refractivity contribution in [1.82, 2.24) is 9.97 Å². The molecule has 1 aromatic heterocycles. The van der Waals surface area contributed by atoms with E-state index in [-0.39, 0.29) is 5.91 Å². The smallest absolute Gasteiger partial charge is 0.265 e. The van der Waals surface area contributed by atoms with Gasteiger partial charge in [-0.25, -0.2) is 4.98 Å². The highest BCUT2D eigenvalue weighted by Crippen LogP contribution is 2.25. The summed E-state index contributed by atoms with van der Waals surface area (Å²) in [4.78, 5) is 21.7. The summed E-state index contributed by atoms with van der Waals surface area (Å²) in [7, 11) is 0. The lowest BCUT2D eigenvalue weighted by atomic mass is 10.1. The summed E-state index contributed by atoms with van der Waals surface area (Å²) >= 11 is 0. The van der Waals surface area contributed by atoms with Crippen LogP contribution in [0.2, 0.25) is 0 Å². The van der Waals surface area contributed by atoms with Gasteiger partial charge in [-0.15, -0.1) is 0 Å². The molecule has 156 valence electrons. The highest BCUT2D eigenvalue weighted by molar-refractivity contribution is 5.95. The standard InChI is InChI=1S/C25H23N3O3/c1-3-30-24-11-7-6-10-22(24)28-25(29)17(2)31-19-14-12-18(13-15-19)23-16-26-20-8-4-5-9-21(20)27-23/h4-17H,3H2,1-2H3,(H,28,29)/t17-/m1/s1. The lowest BCUT2D eigenvalue weighted by molar-refractivity contribution is -0.122. The minimum absolute atomic E-state index is 0.253. The molecule has 4 aromatic rings. The lowest BCUT2D eigenvalue weighted by Gasteiger charge is -2.16. The van der Waals surface area contributed by atoms with Gasteiger partial charge in [-0.05, 0) is 62.4 Å². The molecule has 0 bridgehead atoms. The number of nitrogens with zero attached hydrogens (tertiary/aromatic N) is 2. The molecule has 0 fully saturated rings. The number of aromatic nitrogens is 2. The first-order valence-corrected chi connectivity index (χ1v) is 10.2. The van der Waals surface area contributed by atoms with Crippen molar-refractivity contribution >= 4 is 22.6 Å². The predicted molar refractivity (Wildman–Crippen MR) is 121 cm³/mol. The molecule has 1 atom stereocenters. The van der Waals surface area contributed by atoms with Crippen LogP contribution in [0.3, 0.4) is 0 Å². The first kappa shape index (κ1) is 20.3. The topological polar surface area (TPSA) is 73.3 Å². The molecule has 6 nitrogen and oxygen atoms in total. The zero-order chi connectivity index (χ0) is 21.6. The van der Waals surface area contributed by atoms with Crippen molar-refractivity contribution in [2.75, 3.05) is 11.9 Å². The second-order valence-corrected chi connectivity index (χ2v) is 6.95. The number of carbonyl (C=O) groups excluding carboxylic acids is 1. The second kappa shape index (κ2) is 9.26. The summed E-state index contributed by atoms with van der Waals surface area (Å²) in [6.45, 7) is 4.13. The Morgan fingerprint density at radius 2 is 1.68 bits per heavy atom. The largest absolute Gasteiger partial charge is 0.492 e. The molecule has 6 heteroatoms. The third kappa shape index (κ3) is 4.80. The van der Waals surface area contributed by atoms with Crippen LogP contribution >= 0.6 is 0 Å². The van der Waals surface area contributed by atoms with Crippen molar-refractivity contribution < 1.29 is 14.3 Å². The van der Waals surface area contributed by atoms with Crippen LogP contribution < -0.4 is 14.8 Å². The Balaban J connectivity index is 1.43. The van der Waals surface area contributed by atoms with E-state index in [0.29, 0.717) is 23.8 Å². The number of hydrogen-bond acceptors (Lipinski definition) is 5. The van der Waals surface area contributed by atoms with Crippen molar-refractivity contribution in [1.29, 1.82) is 0 Å². The fraction of sp³-hybridized carbons (Fsp3) is 0.160. The molecule has 0 saturated heterocycles. The van der Waals surface area contributed by atoms with E-state index in [1.54, 1.807) is 19.2 Å². The minimum Gasteiger partial charge on any atom is -0.492 e. The average molecular weight is 413 g/mol. The molecule has 0 aliphatic heterocycles. The summed E-state index contributed by atoms with van der Waals surface area (Å²) in [5.41, 5.74) is 4.03. The van der Waals surface area contributed by atoms with Crippen LogP contribution in [0.25, 0.3) is 22.3 Å². The fourth-order valence-electron chi connectivity index (χ4n) is 3.14. The van der Waals surface area contributed by atoms with E-state index in [1.807, 2.05) is 73.7 Å². The number of ether oxygens (including phenoxy) is 2. The number of benzene rings is 3. The Morgan fingerprint density at radius 3 is 2.45 bits per heavy atom. The minimum atomic E-state index is -0.680. The number of fused-ring (bicyclic) bond motifs is 1. The molecule has 1 heterocycles. The quantitative estimate of drug-likeness (QED) is 0.456. The van der Waals surface area contributed by atoms with Gasteiger partial charge in [-0.1, -0.05) is 24.3 Å². The number of amides is 1. The highest BCUT2D eigenvalue weighted by atomic mass is 16.5. The van der Waals surface area contributed by atoms with Gasteiger partial charge < -0.3 is 14.8 Å². The van der Waals surface area contributed by atoms with E-state index in [1.165, 1.54) is 0 Å². The van der Waals surface area contributed by atoms with Gasteiger partial charge in [0.05, 0.1) is 35.2 Å². The summed E-state index contributed by atoms with van der Waals surface area (Å²) in [6, 6.07) is 22.5. The number of anilines is 1. The molecule has 31 heavy (non-hydrogen) atoms. The third-order valence-electron chi connectivity index (χ3n) is 4.73. The molecule has 0 aliphatic carbocycles. The van der Waals surface area contributed by atoms with Crippen molar-refractivity contribution in [2.45, 2.75) is 20.0 Å². The van der Waals surface area contributed by atoms with Crippen molar-refractivity contribution in [3.05, 3.63) is 79.0 Å². The molecule has 0 spiro atoms. The number of para-hydroxylation sites is 4. The first-order valence-electron chi connectivity index (χ1n) is 10.2. The zero-order valence-corrected chi connectivity index (χ0v) is 17.4. The fourth-order valence-corrected chi connectivity index (χ4v) is 3.14. The third-order valence-corrected chi connectivity index (χ3v) is 4.73. The predicted octanol–water partition coefficient (Wildman–Crippen LogP) is 5.10. The van der Waals surface area contributed by atoms with E-state index in [2.05, 4.69) is 15.3 Å². The summed E-state index contributed by atoms with van der Waals surface area (Å²) < 4.78 is 11.4. The summed E-state index contributed by atoms with van der Waals surface area (Å²) in [5.74, 6) is 0.973. The van der Waals surface area contributed by atoms with Gasteiger partial charge in [-0.3, -0.25) is 9.78 Å². The van der Waals surface area contributed by atoms with Crippen LogP contribution in [0.4, 0.5) is 5.69 Å². The van der Waals surface area contributed by atoms with Crippen LogP contribution in [-0.4, -0.2) is 28.6 Å². The molecule has 0 aliphatic rings. The monoisotopic (exact) mass is 413 g/mol. The van der Waals surface area contributed by atoms with Gasteiger partial charge in [0.15, 0.2) is 6.10 Å². The molecular weight excluding hydrogens is 390 g/mol. The molecule has 0 saturated carbocycles. The van der Waals surface area contributed by atoms with Gasteiger partial charge in [0.25, 0.3) is 5.91 Å². The van der Waals surface area contributed by atoms with E-state index in [4.69, 9.17) is 9.47 Å². The number of nitrogens with one attached hydrogen (secondary N) is 1. The van der Waals surface area contributed by atoms with Crippen LogP contribution in [-0.2, 0) is 4.79 Å². The molecule has 3 aromatic carbocycles. The van der Waals surface area contributed by atoms with E-state index >= 15 is 0 Å². The van der Waals surface area contributed by atoms with Gasteiger partial charge in [-0.2, -0.15) is 0 Å². The van der Waals surface area contributed by atoms with Gasteiger partial charge in [0, 0.05) is 5.56 Å². The van der Waals surface area contributed by atoms with Gasteiger partial charge in [0.1, 0.15) is 11.5 Å². The van der Waals surface area contributed by atoms with E-state index in [9.17, 15) is 4.79 Å². The molecule has 0 radical (unpaired) electrons. The molecular formula is C25H23N3O3. The van der Waals surface area contributed by atoms with Crippen molar-refractivity contribution in [3.63, 3.8) is 0 Å². The molecule has 0 unspecified atom stereocenters. The lowest BCUT2D eigenvalue weighted by Crippen LogP contribution is -2.30. The van der Waals surface area contributed by atoms with Crippen LogP contribution in [0.5, 0.6) is 11.5 Å². The Morgan fingerprint density at radius 1 is 0.968 bits per heavy atom. The SMILES string of the molecule is CCOc1ccccc1NC(=O)[C@@H](C)Oc1ccc(-c2cnc3ccccc3n2)cc1. The Kier molecular flexibility index (Phi) is 6.08. The van der Waals surface area contributed by atoms with E-state index in [0.717, 1.165) is 22.3 Å². The van der Waals surface area contributed by atoms with Crippen LogP contribution in [0.15, 0.2) is 79.0 Å². The molecule has 1 amide bonds. The maximum absolute atomic E-state index is 12.6. The van der Waals surface area contributed by atoms with Gasteiger partial charge in [0.2, 0.25) is 0 Å². The molecule has 4 rings (SSSR count). The number of hydrogen-bond donors (Lipinski definition) is 1. The van der Waals surface area contributed by atoms with E-state index < -0.39 is 6.10 Å². The Bertz CT molecular complexity index is 1190. The van der Waals surface area contributed by atoms with Crippen LogP contribution in [0.1, 0.15) is 13.8 Å². The zero-order valence-electron chi connectivity index (χ0n) is 17.4. The van der Waals surface area contributed by atoms with Gasteiger partial charge >= 0.3 is 0 Å². The first-order chi connectivity index (χ1) is 15.1. The normalized spacial score (nSPS) is 11.7. The van der Waals surface area contributed by atoms with Crippen LogP contribution in [0, 0.1) is 0 Å². The maximum atomic E-state index is 12.6. The summed E-state index contributed by atoms with van der Waals surface area (Å²) in [5, 5.41) is 2.86. The number of rotatable bonds is 7. The Labute approximate surface area is 180 Å².